The fourth-order valence-corrected chi connectivity index (χ4v) is 3.19. The molecular weight excluding hydrogens is 292 g/mol. The average Bonchev–Trinajstić information content (AvgIpc) is 2.86. The second-order valence-electron chi connectivity index (χ2n) is 3.61. The third-order valence-electron chi connectivity index (χ3n) is 2.60. The molecular formula is C10H13BrN2O2S. The SMILES string of the molecule is COC1CNCC1NC(=O)c1sccc1Br. The highest BCUT2D eigenvalue weighted by Gasteiger charge is 2.29. The third-order valence-corrected chi connectivity index (χ3v) is 4.44. The van der Waals surface area contributed by atoms with Gasteiger partial charge < -0.3 is 15.4 Å². The molecule has 0 aromatic carbocycles. The summed E-state index contributed by atoms with van der Waals surface area (Å²) < 4.78 is 6.13. The highest BCUT2D eigenvalue weighted by molar-refractivity contribution is 9.10. The Labute approximate surface area is 106 Å². The number of rotatable bonds is 3. The van der Waals surface area contributed by atoms with Crippen LogP contribution in [0.2, 0.25) is 0 Å². The topological polar surface area (TPSA) is 50.4 Å². The number of nitrogens with one attached hydrogen (secondary N) is 2. The molecule has 2 rings (SSSR count). The van der Waals surface area contributed by atoms with E-state index in [1.54, 1.807) is 7.11 Å². The molecule has 1 aromatic heterocycles. The molecule has 1 aliphatic heterocycles. The standard InChI is InChI=1S/C10H13BrN2O2S/c1-15-8-5-12-4-7(8)13-10(14)9-6(11)2-3-16-9/h2-3,7-8,12H,4-5H2,1H3,(H,13,14). The van der Waals surface area contributed by atoms with E-state index in [4.69, 9.17) is 4.74 Å². The molecule has 0 aliphatic carbocycles. The van der Waals surface area contributed by atoms with Gasteiger partial charge in [-0.05, 0) is 27.4 Å². The minimum Gasteiger partial charge on any atom is -0.378 e. The predicted octanol–water partition coefficient (Wildman–Crippen LogP) is 1.23. The molecule has 0 bridgehead atoms. The van der Waals surface area contributed by atoms with Crippen molar-refractivity contribution in [3.05, 3.63) is 20.8 Å². The molecule has 0 spiro atoms. The lowest BCUT2D eigenvalue weighted by Gasteiger charge is -2.18. The normalized spacial score (nSPS) is 24.6. The first kappa shape index (κ1) is 12.0. The number of hydrogen-bond acceptors (Lipinski definition) is 4. The Morgan fingerprint density at radius 2 is 2.50 bits per heavy atom. The maximum Gasteiger partial charge on any atom is 0.262 e. The van der Waals surface area contributed by atoms with E-state index in [9.17, 15) is 4.79 Å². The highest BCUT2D eigenvalue weighted by atomic mass is 79.9. The molecule has 2 N–H and O–H groups in total. The number of hydrogen-bond donors (Lipinski definition) is 2. The molecule has 4 nitrogen and oxygen atoms in total. The summed E-state index contributed by atoms with van der Waals surface area (Å²) in [5.41, 5.74) is 0. The van der Waals surface area contributed by atoms with Gasteiger partial charge in [0, 0.05) is 24.7 Å². The summed E-state index contributed by atoms with van der Waals surface area (Å²) in [4.78, 5) is 12.6. The highest BCUT2D eigenvalue weighted by Crippen LogP contribution is 2.22. The van der Waals surface area contributed by atoms with Crippen LogP contribution >= 0.6 is 27.3 Å². The van der Waals surface area contributed by atoms with Crippen molar-refractivity contribution in [1.29, 1.82) is 0 Å². The summed E-state index contributed by atoms with van der Waals surface area (Å²) in [6.07, 6.45) is 0.0580. The maximum atomic E-state index is 11.9. The summed E-state index contributed by atoms with van der Waals surface area (Å²) in [6.45, 7) is 1.54. The molecule has 88 valence electrons. The van der Waals surface area contributed by atoms with Crippen LogP contribution in [0.3, 0.4) is 0 Å². The first-order valence-corrected chi connectivity index (χ1v) is 6.67. The van der Waals surface area contributed by atoms with Gasteiger partial charge in [0.2, 0.25) is 0 Å². The molecule has 1 fully saturated rings. The summed E-state index contributed by atoms with van der Waals surface area (Å²) >= 11 is 4.78. The molecule has 1 amide bonds. The largest absolute Gasteiger partial charge is 0.378 e. The zero-order valence-electron chi connectivity index (χ0n) is 8.83. The van der Waals surface area contributed by atoms with Gasteiger partial charge in [0.1, 0.15) is 4.88 Å². The monoisotopic (exact) mass is 304 g/mol. The van der Waals surface area contributed by atoms with E-state index >= 15 is 0 Å². The van der Waals surface area contributed by atoms with E-state index in [1.807, 2.05) is 11.4 Å². The van der Waals surface area contributed by atoms with Crippen LogP contribution in [0.4, 0.5) is 0 Å². The Bertz CT molecular complexity index is 383. The van der Waals surface area contributed by atoms with Crippen molar-refractivity contribution in [2.45, 2.75) is 12.1 Å². The molecule has 0 radical (unpaired) electrons. The number of carbonyl (C=O) groups excluding carboxylic acids is 1. The third kappa shape index (κ3) is 2.45. The van der Waals surface area contributed by atoms with Crippen LogP contribution < -0.4 is 10.6 Å². The van der Waals surface area contributed by atoms with Crippen molar-refractivity contribution in [3.8, 4) is 0 Å². The van der Waals surface area contributed by atoms with E-state index in [0.29, 0.717) is 4.88 Å². The lowest BCUT2D eigenvalue weighted by molar-refractivity contribution is 0.0782. The van der Waals surface area contributed by atoms with Crippen LogP contribution in [0.15, 0.2) is 15.9 Å². The Hall–Kier alpha value is -0.430. The second kappa shape index (κ2) is 5.27. The van der Waals surface area contributed by atoms with Gasteiger partial charge in [-0.15, -0.1) is 11.3 Å². The number of methoxy groups -OCH3 is 1. The van der Waals surface area contributed by atoms with Crippen LogP contribution in [0.5, 0.6) is 0 Å². The van der Waals surface area contributed by atoms with Crippen molar-refractivity contribution < 1.29 is 9.53 Å². The Morgan fingerprint density at radius 1 is 1.69 bits per heavy atom. The van der Waals surface area contributed by atoms with Crippen LogP contribution in [-0.2, 0) is 4.74 Å². The first-order chi connectivity index (χ1) is 7.72. The fourth-order valence-electron chi connectivity index (χ4n) is 1.74. The maximum absolute atomic E-state index is 11.9. The molecule has 6 heteroatoms. The van der Waals surface area contributed by atoms with Gasteiger partial charge >= 0.3 is 0 Å². The summed E-state index contributed by atoms with van der Waals surface area (Å²) in [6, 6.07) is 1.92. The quantitative estimate of drug-likeness (QED) is 0.883. The van der Waals surface area contributed by atoms with Crippen molar-refractivity contribution >= 4 is 33.2 Å². The summed E-state index contributed by atoms with van der Waals surface area (Å²) in [5, 5.41) is 8.06. The van der Waals surface area contributed by atoms with E-state index in [2.05, 4.69) is 26.6 Å². The fraction of sp³-hybridized carbons (Fsp3) is 0.500. The van der Waals surface area contributed by atoms with Crippen molar-refractivity contribution in [3.63, 3.8) is 0 Å². The van der Waals surface area contributed by atoms with Gasteiger partial charge in [-0.25, -0.2) is 0 Å². The zero-order chi connectivity index (χ0) is 11.5. The van der Waals surface area contributed by atoms with E-state index in [0.717, 1.165) is 17.6 Å². The molecule has 16 heavy (non-hydrogen) atoms. The molecule has 0 saturated carbocycles. The number of amides is 1. The average molecular weight is 305 g/mol. The number of halogens is 1. The number of carbonyl (C=O) groups is 1. The smallest absolute Gasteiger partial charge is 0.262 e. The number of ether oxygens (including phenoxy) is 1. The van der Waals surface area contributed by atoms with Gasteiger partial charge in [-0.2, -0.15) is 0 Å². The van der Waals surface area contributed by atoms with Gasteiger partial charge in [0.15, 0.2) is 0 Å². The van der Waals surface area contributed by atoms with Crippen molar-refractivity contribution in [2.24, 2.45) is 0 Å². The molecule has 1 saturated heterocycles. The second-order valence-corrected chi connectivity index (χ2v) is 5.38. The zero-order valence-corrected chi connectivity index (χ0v) is 11.2. The predicted molar refractivity (Wildman–Crippen MR) is 66.9 cm³/mol. The van der Waals surface area contributed by atoms with E-state index in [-0.39, 0.29) is 18.1 Å². The molecule has 2 unspecified atom stereocenters. The van der Waals surface area contributed by atoms with Crippen LogP contribution in [0.25, 0.3) is 0 Å². The van der Waals surface area contributed by atoms with Crippen LogP contribution in [-0.4, -0.2) is 38.3 Å². The minimum atomic E-state index is -0.0439. The Morgan fingerprint density at radius 3 is 3.12 bits per heavy atom. The van der Waals surface area contributed by atoms with Crippen molar-refractivity contribution in [2.75, 3.05) is 20.2 Å². The van der Waals surface area contributed by atoms with Gasteiger partial charge in [0.05, 0.1) is 12.1 Å². The van der Waals surface area contributed by atoms with Crippen molar-refractivity contribution in [1.82, 2.24) is 10.6 Å². The van der Waals surface area contributed by atoms with Gasteiger partial charge in [-0.3, -0.25) is 4.79 Å². The summed E-state index contributed by atoms with van der Waals surface area (Å²) in [7, 11) is 1.66. The lowest BCUT2D eigenvalue weighted by Crippen LogP contribution is -2.43. The first-order valence-electron chi connectivity index (χ1n) is 4.99. The molecule has 1 aliphatic rings. The van der Waals surface area contributed by atoms with Crippen LogP contribution in [0, 0.1) is 0 Å². The Balaban J connectivity index is 2.00. The van der Waals surface area contributed by atoms with E-state index < -0.39 is 0 Å². The van der Waals surface area contributed by atoms with Gasteiger partial charge in [0.25, 0.3) is 5.91 Å². The minimum absolute atomic E-state index is 0.0439. The Kier molecular flexibility index (Phi) is 3.96. The lowest BCUT2D eigenvalue weighted by atomic mass is 10.2. The number of thiophene rings is 1. The van der Waals surface area contributed by atoms with E-state index in [1.165, 1.54) is 11.3 Å². The molecule has 1 aromatic rings. The molecule has 2 atom stereocenters. The summed E-state index contributed by atoms with van der Waals surface area (Å²) in [5.74, 6) is -0.0439. The molecule has 2 heterocycles. The van der Waals surface area contributed by atoms with Crippen LogP contribution in [0.1, 0.15) is 9.67 Å². The van der Waals surface area contributed by atoms with Gasteiger partial charge in [-0.1, -0.05) is 0 Å².